The number of nitro groups is 1. The Morgan fingerprint density at radius 3 is 2.44 bits per heavy atom. The van der Waals surface area contributed by atoms with Crippen molar-refractivity contribution in [3.8, 4) is 0 Å². The number of fused-ring (bicyclic) bond motifs is 1. The summed E-state index contributed by atoms with van der Waals surface area (Å²) in [5.74, 6) is 0. The average Bonchev–Trinajstić information content (AvgIpc) is 2.60. The summed E-state index contributed by atoms with van der Waals surface area (Å²) in [6.07, 6.45) is 1.52. The monoisotopic (exact) mass is 383 g/mol. The van der Waals surface area contributed by atoms with Crippen LogP contribution in [0.4, 0.5) is 11.4 Å². The van der Waals surface area contributed by atoms with Crippen molar-refractivity contribution < 1.29 is 13.3 Å². The maximum absolute atomic E-state index is 12.9. The average molecular weight is 384 g/mol. The van der Waals surface area contributed by atoms with E-state index in [1.165, 1.54) is 28.6 Å². The second-order valence-corrected chi connectivity index (χ2v) is 7.46. The molecule has 0 atom stereocenters. The van der Waals surface area contributed by atoms with E-state index in [9.17, 15) is 18.5 Å². The smallest absolute Gasteiger partial charge is 0.269 e. The van der Waals surface area contributed by atoms with E-state index in [1.54, 1.807) is 6.07 Å². The van der Waals surface area contributed by atoms with E-state index in [1.807, 2.05) is 12.1 Å². The minimum Gasteiger partial charge on any atom is -0.326 e. The maximum Gasteiger partial charge on any atom is 0.269 e. The first kappa shape index (κ1) is 19.2. The zero-order valence-corrected chi connectivity index (χ0v) is 14.9. The number of benzene rings is 2. The summed E-state index contributed by atoms with van der Waals surface area (Å²) in [7, 11) is -3.76. The van der Waals surface area contributed by atoms with E-state index in [0.29, 0.717) is 25.2 Å². The lowest BCUT2D eigenvalue weighted by Crippen LogP contribution is -2.35. The summed E-state index contributed by atoms with van der Waals surface area (Å²) in [6.45, 7) is 0.788. The first-order valence-electron chi connectivity index (χ1n) is 7.52. The Morgan fingerprint density at radius 1 is 1.16 bits per heavy atom. The molecule has 25 heavy (non-hydrogen) atoms. The van der Waals surface area contributed by atoms with Gasteiger partial charge in [0.25, 0.3) is 15.7 Å². The van der Waals surface area contributed by atoms with Crippen molar-refractivity contribution in [1.29, 1.82) is 0 Å². The molecule has 1 heterocycles. The first-order chi connectivity index (χ1) is 11.4. The molecule has 0 aliphatic carbocycles. The molecule has 1 aliphatic rings. The quantitative estimate of drug-likeness (QED) is 0.645. The van der Waals surface area contributed by atoms with Gasteiger partial charge in [-0.15, -0.1) is 12.4 Å². The predicted octanol–water partition coefficient (Wildman–Crippen LogP) is 2.62. The predicted molar refractivity (Wildman–Crippen MR) is 97.5 cm³/mol. The molecule has 9 heteroatoms. The van der Waals surface area contributed by atoms with Gasteiger partial charge in [0.15, 0.2) is 0 Å². The summed E-state index contributed by atoms with van der Waals surface area (Å²) >= 11 is 0. The molecule has 3 rings (SSSR count). The molecule has 134 valence electrons. The molecule has 1 aliphatic heterocycles. The molecule has 2 aromatic rings. The van der Waals surface area contributed by atoms with Crippen molar-refractivity contribution in [2.45, 2.75) is 24.3 Å². The van der Waals surface area contributed by atoms with Gasteiger partial charge in [-0.05, 0) is 42.2 Å². The fourth-order valence-electron chi connectivity index (χ4n) is 2.86. The van der Waals surface area contributed by atoms with E-state index in [4.69, 9.17) is 5.73 Å². The number of halogens is 1. The fraction of sp³-hybridized carbons (Fsp3) is 0.250. The van der Waals surface area contributed by atoms with Crippen LogP contribution in [-0.4, -0.2) is 19.9 Å². The Morgan fingerprint density at radius 2 is 1.84 bits per heavy atom. The molecular weight excluding hydrogens is 366 g/mol. The summed E-state index contributed by atoms with van der Waals surface area (Å²) in [5.41, 5.74) is 8.07. The minimum absolute atomic E-state index is 0. The SMILES string of the molecule is Cl.NCc1ccc2c(c1)CCCN2S(=O)(=O)c1ccc([N+](=O)[O-])cc1. The zero-order chi connectivity index (χ0) is 17.3. The largest absolute Gasteiger partial charge is 0.326 e. The molecule has 2 N–H and O–H groups in total. The standard InChI is InChI=1S/C16H17N3O4S.ClH/c17-11-12-3-8-16-13(10-12)2-1-9-18(16)24(22,23)15-6-4-14(5-7-15)19(20)21;/h3-8,10H,1-2,9,11,17H2;1H. The number of nitrogens with zero attached hydrogens (tertiary/aromatic N) is 2. The van der Waals surface area contributed by atoms with Crippen LogP contribution in [0.3, 0.4) is 0 Å². The first-order valence-corrected chi connectivity index (χ1v) is 8.96. The van der Waals surface area contributed by atoms with Crippen LogP contribution in [0.1, 0.15) is 17.5 Å². The molecule has 0 aromatic heterocycles. The van der Waals surface area contributed by atoms with Crippen LogP contribution in [0.25, 0.3) is 0 Å². The van der Waals surface area contributed by atoms with Gasteiger partial charge in [-0.2, -0.15) is 0 Å². The van der Waals surface area contributed by atoms with Gasteiger partial charge in [0.05, 0.1) is 15.5 Å². The Hall–Kier alpha value is -2.16. The molecule has 0 fully saturated rings. The number of sulfonamides is 1. The van der Waals surface area contributed by atoms with Crippen LogP contribution >= 0.6 is 12.4 Å². The Bertz CT molecular complexity index is 885. The fourth-order valence-corrected chi connectivity index (χ4v) is 4.40. The number of nitro benzene ring substituents is 1. The molecule has 0 spiro atoms. The summed E-state index contributed by atoms with van der Waals surface area (Å²) in [4.78, 5) is 10.2. The van der Waals surface area contributed by atoms with Crippen LogP contribution in [0.2, 0.25) is 0 Å². The zero-order valence-electron chi connectivity index (χ0n) is 13.3. The lowest BCUT2D eigenvalue weighted by molar-refractivity contribution is -0.384. The van der Waals surface area contributed by atoms with Gasteiger partial charge < -0.3 is 5.73 Å². The van der Waals surface area contributed by atoms with E-state index >= 15 is 0 Å². The second-order valence-electron chi connectivity index (χ2n) is 5.60. The number of hydrogen-bond acceptors (Lipinski definition) is 5. The number of aryl methyl sites for hydroxylation is 1. The van der Waals surface area contributed by atoms with Crippen molar-refractivity contribution in [3.63, 3.8) is 0 Å². The lowest BCUT2D eigenvalue weighted by Gasteiger charge is -2.30. The molecule has 0 amide bonds. The van der Waals surface area contributed by atoms with Gasteiger partial charge in [-0.1, -0.05) is 12.1 Å². The van der Waals surface area contributed by atoms with Crippen LogP contribution in [-0.2, 0) is 23.0 Å². The van der Waals surface area contributed by atoms with Gasteiger partial charge >= 0.3 is 0 Å². The number of rotatable bonds is 4. The summed E-state index contributed by atoms with van der Waals surface area (Å²) in [6, 6.07) is 10.5. The van der Waals surface area contributed by atoms with Gasteiger partial charge in [0, 0.05) is 25.2 Å². The van der Waals surface area contributed by atoms with E-state index in [0.717, 1.165) is 17.5 Å². The lowest BCUT2D eigenvalue weighted by atomic mass is 10.0. The summed E-state index contributed by atoms with van der Waals surface area (Å²) in [5, 5.41) is 10.7. The molecule has 7 nitrogen and oxygen atoms in total. The normalized spacial score (nSPS) is 13.7. The van der Waals surface area contributed by atoms with Gasteiger partial charge in [-0.25, -0.2) is 8.42 Å². The van der Waals surface area contributed by atoms with Crippen molar-refractivity contribution in [2.24, 2.45) is 5.73 Å². The van der Waals surface area contributed by atoms with Crippen LogP contribution < -0.4 is 10.0 Å². The molecule has 0 unspecified atom stereocenters. The molecule has 2 aromatic carbocycles. The highest BCUT2D eigenvalue weighted by molar-refractivity contribution is 7.92. The topological polar surface area (TPSA) is 107 Å². The van der Waals surface area contributed by atoms with Crippen molar-refractivity contribution in [1.82, 2.24) is 0 Å². The van der Waals surface area contributed by atoms with Crippen LogP contribution in [0.15, 0.2) is 47.4 Å². The van der Waals surface area contributed by atoms with Crippen molar-refractivity contribution >= 4 is 33.8 Å². The molecule has 0 radical (unpaired) electrons. The highest BCUT2D eigenvalue weighted by Crippen LogP contribution is 2.33. The maximum atomic E-state index is 12.9. The van der Waals surface area contributed by atoms with Crippen LogP contribution in [0, 0.1) is 10.1 Å². The number of non-ortho nitro benzene ring substituents is 1. The third kappa shape index (κ3) is 3.60. The molecule has 0 saturated carbocycles. The second kappa shape index (κ2) is 7.38. The third-order valence-corrected chi connectivity index (χ3v) is 5.92. The van der Waals surface area contributed by atoms with E-state index < -0.39 is 14.9 Å². The van der Waals surface area contributed by atoms with Gasteiger partial charge in [0.2, 0.25) is 0 Å². The van der Waals surface area contributed by atoms with E-state index in [2.05, 4.69) is 0 Å². The molecule has 0 bridgehead atoms. The van der Waals surface area contributed by atoms with Gasteiger partial charge in [-0.3, -0.25) is 14.4 Å². The Kier molecular flexibility index (Phi) is 5.66. The number of nitrogens with two attached hydrogens (primary N) is 1. The Labute approximate surface area is 152 Å². The third-order valence-electron chi connectivity index (χ3n) is 4.09. The van der Waals surface area contributed by atoms with E-state index in [-0.39, 0.29) is 23.0 Å². The van der Waals surface area contributed by atoms with Gasteiger partial charge in [0.1, 0.15) is 0 Å². The number of anilines is 1. The highest BCUT2D eigenvalue weighted by atomic mass is 35.5. The molecule has 0 saturated heterocycles. The summed E-state index contributed by atoms with van der Waals surface area (Å²) < 4.78 is 27.2. The van der Waals surface area contributed by atoms with Crippen molar-refractivity contribution in [3.05, 3.63) is 63.7 Å². The Balaban J connectivity index is 0.00000225. The number of hydrogen-bond donors (Lipinski definition) is 1. The molecular formula is C16H18ClN3O4S. The highest BCUT2D eigenvalue weighted by Gasteiger charge is 2.29. The van der Waals surface area contributed by atoms with Crippen molar-refractivity contribution in [2.75, 3.05) is 10.8 Å². The van der Waals surface area contributed by atoms with Crippen LogP contribution in [0.5, 0.6) is 0 Å². The minimum atomic E-state index is -3.76.